The van der Waals surface area contributed by atoms with E-state index in [1.807, 2.05) is 55.4 Å². The molecule has 0 aromatic heterocycles. The van der Waals surface area contributed by atoms with E-state index in [-0.39, 0.29) is 30.8 Å². The Labute approximate surface area is 293 Å². The van der Waals surface area contributed by atoms with Gasteiger partial charge in [0, 0.05) is 39.3 Å². The number of hydrogen-bond acceptors (Lipinski definition) is 7. The second-order valence-electron chi connectivity index (χ2n) is 16.7. The van der Waals surface area contributed by atoms with Crippen molar-refractivity contribution in [3.8, 4) is 0 Å². The number of rotatable bonds is 14. The number of likely N-dealkylation sites (N-methyl/N-ethyl adjacent to an activating group) is 1. The molecule has 14 nitrogen and oxygen atoms in total. The summed E-state index contributed by atoms with van der Waals surface area (Å²) in [6, 6.07) is -4.25. The topological polar surface area (TPSA) is 191 Å². The van der Waals surface area contributed by atoms with E-state index in [1.165, 1.54) is 20.6 Å². The molecule has 3 fully saturated rings. The lowest BCUT2D eigenvalue weighted by molar-refractivity contribution is -0.144. The molecule has 0 radical (unpaired) electrons. The third-order valence-electron chi connectivity index (χ3n) is 10.2. The Kier molecular flexibility index (Phi) is 13.3. The first-order chi connectivity index (χ1) is 22.5. The highest BCUT2D eigenvalue weighted by molar-refractivity contribution is 7.86. The summed E-state index contributed by atoms with van der Waals surface area (Å²) in [5, 5.41) is 8.55. The van der Waals surface area contributed by atoms with Gasteiger partial charge in [-0.3, -0.25) is 19.2 Å². The van der Waals surface area contributed by atoms with E-state index in [9.17, 15) is 32.4 Å². The second-order valence-corrected chi connectivity index (χ2v) is 18.8. The molecule has 280 valence electrons. The molecule has 3 rings (SSSR count). The Balaban J connectivity index is 1.81. The molecule has 0 spiro atoms. The zero-order valence-corrected chi connectivity index (χ0v) is 31.8. The molecule has 5 N–H and O–H groups in total. The monoisotopic (exact) mass is 711 g/mol. The number of urea groups is 1. The Morgan fingerprint density at radius 2 is 1.45 bits per heavy atom. The summed E-state index contributed by atoms with van der Waals surface area (Å²) < 4.78 is 29.4. The van der Waals surface area contributed by atoms with Crippen LogP contribution in [-0.4, -0.2) is 109 Å². The summed E-state index contributed by atoms with van der Waals surface area (Å²) >= 11 is 0. The maximum atomic E-state index is 14.4. The van der Waals surface area contributed by atoms with Crippen molar-refractivity contribution in [3.63, 3.8) is 0 Å². The number of Topliss-reactive ketones (excluding diaryl/α,β-unsaturated/α-hetero) is 1. The molecule has 0 aromatic rings. The number of likely N-dealkylation sites (tertiary alicyclic amines) is 1. The summed E-state index contributed by atoms with van der Waals surface area (Å²) in [5.74, 6) is -2.90. The molecule has 1 aliphatic carbocycles. The van der Waals surface area contributed by atoms with E-state index in [0.717, 1.165) is 32.1 Å². The molecule has 2 saturated heterocycles. The summed E-state index contributed by atoms with van der Waals surface area (Å²) in [4.78, 5) is 67.8. The fourth-order valence-electron chi connectivity index (χ4n) is 6.77. The molecule has 2 aliphatic heterocycles. The zero-order chi connectivity index (χ0) is 37.1. The lowest BCUT2D eigenvalue weighted by Gasteiger charge is -2.39. The summed E-state index contributed by atoms with van der Waals surface area (Å²) in [5.41, 5.74) is 4.00. The van der Waals surface area contributed by atoms with E-state index in [0.29, 0.717) is 25.9 Å². The quantitative estimate of drug-likeness (QED) is 0.198. The summed E-state index contributed by atoms with van der Waals surface area (Å²) in [6.07, 6.45) is 5.28. The maximum absolute atomic E-state index is 14.4. The largest absolute Gasteiger partial charge is 0.363 e. The van der Waals surface area contributed by atoms with Crippen LogP contribution in [-0.2, 0) is 29.4 Å². The Bertz CT molecular complexity index is 1330. The lowest BCUT2D eigenvalue weighted by atomic mass is 9.84. The van der Waals surface area contributed by atoms with Crippen molar-refractivity contribution in [2.45, 2.75) is 125 Å². The van der Waals surface area contributed by atoms with Gasteiger partial charge in [-0.1, -0.05) is 74.7 Å². The van der Waals surface area contributed by atoms with Gasteiger partial charge in [-0.05, 0) is 54.3 Å². The number of hydrogen-bond donors (Lipinski definition) is 4. The molecule has 0 bridgehead atoms. The van der Waals surface area contributed by atoms with Gasteiger partial charge in [0.05, 0.1) is 6.04 Å². The maximum Gasteiger partial charge on any atom is 0.315 e. The third kappa shape index (κ3) is 10.6. The minimum absolute atomic E-state index is 0.0253. The number of nitrogens with one attached hydrogen (secondary N) is 3. The number of amides is 5. The van der Waals surface area contributed by atoms with Gasteiger partial charge < -0.3 is 26.6 Å². The minimum atomic E-state index is -3.72. The molecular weight excluding hydrogens is 650 g/mol. The molecule has 1 unspecified atom stereocenters. The predicted molar refractivity (Wildman–Crippen MR) is 187 cm³/mol. The van der Waals surface area contributed by atoms with Crippen molar-refractivity contribution < 1.29 is 32.4 Å². The van der Waals surface area contributed by atoms with Crippen LogP contribution in [0.25, 0.3) is 0 Å². The second kappa shape index (κ2) is 16.1. The molecule has 3 aliphatic rings. The average Bonchev–Trinajstić information content (AvgIpc) is 3.70. The van der Waals surface area contributed by atoms with Crippen LogP contribution in [0.1, 0.15) is 100 Å². The third-order valence-corrected chi connectivity index (χ3v) is 12.2. The van der Waals surface area contributed by atoms with Gasteiger partial charge >= 0.3 is 6.03 Å². The normalized spacial score (nSPS) is 22.8. The van der Waals surface area contributed by atoms with Crippen molar-refractivity contribution in [2.75, 3.05) is 33.2 Å². The highest BCUT2D eigenvalue weighted by Crippen LogP contribution is 2.36. The zero-order valence-electron chi connectivity index (χ0n) is 31.0. The van der Waals surface area contributed by atoms with E-state index in [1.54, 1.807) is 0 Å². The van der Waals surface area contributed by atoms with Gasteiger partial charge in [0.1, 0.15) is 12.1 Å². The van der Waals surface area contributed by atoms with Crippen LogP contribution in [0.3, 0.4) is 0 Å². The number of carbonyl (C=O) groups excluding carboxylic acids is 5. The number of ketones is 1. The van der Waals surface area contributed by atoms with Crippen LogP contribution in [0.4, 0.5) is 4.79 Å². The number of carbonyl (C=O) groups is 5. The Morgan fingerprint density at radius 3 is 1.94 bits per heavy atom. The fraction of sp³-hybridized carbons (Fsp3) is 0.853. The van der Waals surface area contributed by atoms with Gasteiger partial charge in [-0.25, -0.2) is 4.79 Å². The van der Waals surface area contributed by atoms with Gasteiger partial charge in [0.2, 0.25) is 17.6 Å². The molecule has 2 heterocycles. The van der Waals surface area contributed by atoms with E-state index >= 15 is 0 Å². The van der Waals surface area contributed by atoms with Gasteiger partial charge in [-0.2, -0.15) is 17.0 Å². The van der Waals surface area contributed by atoms with E-state index in [4.69, 9.17) is 5.73 Å². The van der Waals surface area contributed by atoms with Gasteiger partial charge in [0.25, 0.3) is 16.1 Å². The van der Waals surface area contributed by atoms with Crippen LogP contribution in [0.15, 0.2) is 0 Å². The fourth-order valence-corrected chi connectivity index (χ4v) is 8.22. The smallest absolute Gasteiger partial charge is 0.315 e. The van der Waals surface area contributed by atoms with Crippen molar-refractivity contribution in [3.05, 3.63) is 0 Å². The number of nitrogens with two attached hydrogens (primary N) is 1. The molecule has 1 saturated carbocycles. The molecule has 5 amide bonds. The molecule has 49 heavy (non-hydrogen) atoms. The molecule has 5 atom stereocenters. The Morgan fingerprint density at radius 1 is 0.857 bits per heavy atom. The standard InChI is InChI=1S/C34H61N7O7S/c1-21(2)23-15-18-41(26(23)30(44)36-24(19-22-13-14-22)27(42)29(35)43)31(45)28(34(6,7)8)38-32(46)37-25(33(3,4)5)20-39(9)49(47,48)40-16-11-10-12-17-40/h21-26,28H,10-20H2,1-9H3,(H2,35,43)(H,36,44)(H2,37,38,46)/t23-,24?,25-,26+,28-/m1/s1. The Hall–Kier alpha value is -2.78. The van der Waals surface area contributed by atoms with Crippen LogP contribution in [0.2, 0.25) is 0 Å². The first-order valence-corrected chi connectivity index (χ1v) is 19.2. The molecular formula is C34H61N7O7S. The first-order valence-electron chi connectivity index (χ1n) is 17.8. The van der Waals surface area contributed by atoms with Crippen LogP contribution in [0, 0.1) is 28.6 Å². The minimum Gasteiger partial charge on any atom is -0.363 e. The number of primary amides is 1. The van der Waals surface area contributed by atoms with Gasteiger partial charge in [-0.15, -0.1) is 0 Å². The molecule has 15 heteroatoms. The lowest BCUT2D eigenvalue weighted by Crippen LogP contribution is -2.62. The highest BCUT2D eigenvalue weighted by Gasteiger charge is 2.48. The van der Waals surface area contributed by atoms with E-state index < -0.39 is 74.7 Å². The average molecular weight is 712 g/mol. The summed E-state index contributed by atoms with van der Waals surface area (Å²) in [6.45, 7) is 16.3. The van der Waals surface area contributed by atoms with Crippen molar-refractivity contribution in [1.82, 2.24) is 29.5 Å². The highest BCUT2D eigenvalue weighted by atomic mass is 32.2. The van der Waals surface area contributed by atoms with Crippen molar-refractivity contribution >= 4 is 39.7 Å². The van der Waals surface area contributed by atoms with E-state index in [2.05, 4.69) is 16.0 Å². The van der Waals surface area contributed by atoms with Crippen LogP contribution in [0.5, 0.6) is 0 Å². The predicted octanol–water partition coefficient (Wildman–Crippen LogP) is 1.99. The van der Waals surface area contributed by atoms with Crippen LogP contribution < -0.4 is 21.7 Å². The van der Waals surface area contributed by atoms with Gasteiger partial charge in [0.15, 0.2) is 0 Å². The van der Waals surface area contributed by atoms with Crippen LogP contribution >= 0.6 is 0 Å². The number of piperidine rings is 1. The molecule has 0 aromatic carbocycles. The number of nitrogens with zero attached hydrogens (tertiary/aromatic N) is 3. The van der Waals surface area contributed by atoms with Crippen molar-refractivity contribution in [2.24, 2.45) is 34.3 Å². The van der Waals surface area contributed by atoms with Crippen molar-refractivity contribution in [1.29, 1.82) is 0 Å². The SMILES string of the molecule is CC(C)[C@H]1CCN(C(=O)[C@@H](NC(=O)N[C@H](CN(C)S(=O)(=O)N2CCCCC2)C(C)(C)C)C(C)(C)C)[C@@H]1C(=O)NC(CC1CC1)C(=O)C(N)=O. The summed E-state index contributed by atoms with van der Waals surface area (Å²) in [7, 11) is -2.21. The first kappa shape index (κ1) is 40.6.